The van der Waals surface area contributed by atoms with Crippen LogP contribution >= 0.6 is 0 Å². The number of nitrogens with zero attached hydrogens (tertiary/aromatic N) is 2. The van der Waals surface area contributed by atoms with E-state index in [-0.39, 0.29) is 54.6 Å². The average Bonchev–Trinajstić information content (AvgIpc) is 3.32. The molecule has 2 aliphatic rings. The summed E-state index contributed by atoms with van der Waals surface area (Å²) in [5.74, 6) is -1.11. The zero-order valence-electron chi connectivity index (χ0n) is 18.2. The number of ether oxygens (including phenoxy) is 2. The van der Waals surface area contributed by atoms with Gasteiger partial charge in [0.25, 0.3) is 0 Å². The molecule has 3 heterocycles. The van der Waals surface area contributed by atoms with E-state index in [1.807, 2.05) is 13.8 Å². The van der Waals surface area contributed by atoms with Gasteiger partial charge in [0, 0.05) is 24.6 Å². The number of benzene rings is 1. The number of alkyl halides is 3. The fraction of sp³-hybridized carbons (Fsp3) is 0.500. The van der Waals surface area contributed by atoms with Gasteiger partial charge in [-0.15, -0.1) is 13.2 Å². The minimum absolute atomic E-state index is 0.0238. The normalized spacial score (nSPS) is 25.5. The lowest BCUT2D eigenvalue weighted by atomic mass is 9.99. The van der Waals surface area contributed by atoms with Crippen LogP contribution < -0.4 is 15.4 Å². The third-order valence-electron chi connectivity index (χ3n) is 5.72. The molecule has 2 saturated heterocycles. The predicted molar refractivity (Wildman–Crippen MR) is 112 cm³/mol. The molecule has 0 aliphatic carbocycles. The Kier molecular flexibility index (Phi) is 6.33. The summed E-state index contributed by atoms with van der Waals surface area (Å²) in [5.41, 5.74) is 1.01. The van der Waals surface area contributed by atoms with E-state index >= 15 is 0 Å². The lowest BCUT2D eigenvalue weighted by Gasteiger charge is -2.33. The summed E-state index contributed by atoms with van der Waals surface area (Å²) in [6, 6.07) is 7.19. The second-order valence-corrected chi connectivity index (χ2v) is 8.51. The Morgan fingerprint density at radius 1 is 1.24 bits per heavy atom. The van der Waals surface area contributed by atoms with Crippen molar-refractivity contribution in [1.82, 2.24) is 15.1 Å². The van der Waals surface area contributed by atoms with Gasteiger partial charge in [-0.05, 0) is 38.8 Å². The summed E-state index contributed by atoms with van der Waals surface area (Å²) < 4.78 is 49.8. The molecule has 1 aromatic heterocycles. The van der Waals surface area contributed by atoms with Crippen molar-refractivity contribution in [2.75, 3.05) is 11.9 Å². The van der Waals surface area contributed by atoms with Crippen LogP contribution in [0.2, 0.25) is 0 Å². The van der Waals surface area contributed by atoms with E-state index in [1.165, 1.54) is 18.2 Å². The van der Waals surface area contributed by atoms with Crippen molar-refractivity contribution < 1.29 is 32.2 Å². The highest BCUT2D eigenvalue weighted by Crippen LogP contribution is 2.35. The van der Waals surface area contributed by atoms with Crippen LogP contribution in [0.3, 0.4) is 0 Å². The molecule has 0 bridgehead atoms. The maximum absolute atomic E-state index is 12.7. The number of aromatic nitrogens is 2. The third-order valence-corrected chi connectivity index (χ3v) is 5.72. The van der Waals surface area contributed by atoms with Gasteiger partial charge < -0.3 is 20.1 Å². The molecule has 11 heteroatoms. The Balaban J connectivity index is 1.66. The summed E-state index contributed by atoms with van der Waals surface area (Å²) in [7, 11) is 0. The number of rotatable bonds is 5. The molecule has 2 aliphatic heterocycles. The van der Waals surface area contributed by atoms with Crippen molar-refractivity contribution in [3.8, 4) is 17.0 Å². The minimum atomic E-state index is -4.81. The molecule has 2 aromatic rings. The van der Waals surface area contributed by atoms with E-state index in [2.05, 4.69) is 20.5 Å². The van der Waals surface area contributed by atoms with Gasteiger partial charge in [-0.3, -0.25) is 14.3 Å². The SMILES string of the molecule is C[C@@H]1CC(n2nc(NC(=O)[C@H]3CNC(=O)C3)cc2-c2cccc(OC(F)(F)F)c2)C[C@H](C)O1. The highest BCUT2D eigenvalue weighted by molar-refractivity contribution is 5.96. The maximum atomic E-state index is 12.7. The standard InChI is InChI=1S/C22H25F3N4O4/c1-12-6-16(7-13(2)32-12)29-18(14-4-3-5-17(8-14)33-22(23,24)25)10-19(28-29)27-21(31)15-9-20(30)26-11-15/h3-5,8,10,12-13,15-16H,6-7,9,11H2,1-2H3,(H,26,30)(H,27,28,31)/t12-,13+,15-,16?/m1/s1. The molecular formula is C22H25F3N4O4. The predicted octanol–water partition coefficient (Wildman–Crippen LogP) is 3.65. The molecule has 1 aromatic carbocycles. The van der Waals surface area contributed by atoms with E-state index in [0.29, 0.717) is 24.1 Å². The van der Waals surface area contributed by atoms with Crippen molar-refractivity contribution in [2.24, 2.45) is 5.92 Å². The fourth-order valence-electron chi connectivity index (χ4n) is 4.39. The summed E-state index contributed by atoms with van der Waals surface area (Å²) in [5, 5.41) is 9.94. The zero-order chi connectivity index (χ0) is 23.8. The molecule has 178 valence electrons. The number of amides is 2. The van der Waals surface area contributed by atoms with E-state index in [0.717, 1.165) is 0 Å². The fourth-order valence-corrected chi connectivity index (χ4v) is 4.39. The number of carbonyl (C=O) groups is 2. The lowest BCUT2D eigenvalue weighted by molar-refractivity contribution is -0.274. The van der Waals surface area contributed by atoms with Gasteiger partial charge in [-0.2, -0.15) is 5.10 Å². The molecule has 4 atom stereocenters. The maximum Gasteiger partial charge on any atom is 0.573 e. The van der Waals surface area contributed by atoms with Crippen LogP contribution in [0.4, 0.5) is 19.0 Å². The van der Waals surface area contributed by atoms with Crippen LogP contribution in [-0.2, 0) is 14.3 Å². The minimum Gasteiger partial charge on any atom is -0.406 e. The van der Waals surface area contributed by atoms with Crippen LogP contribution in [0.5, 0.6) is 5.75 Å². The molecule has 4 rings (SSSR count). The Labute approximate surface area is 188 Å². The molecule has 1 unspecified atom stereocenters. The Hall–Kier alpha value is -3.08. The van der Waals surface area contributed by atoms with Crippen LogP contribution in [0.1, 0.15) is 39.2 Å². The average molecular weight is 466 g/mol. The zero-order valence-corrected chi connectivity index (χ0v) is 18.2. The molecule has 2 N–H and O–H groups in total. The molecule has 0 radical (unpaired) electrons. The highest BCUT2D eigenvalue weighted by Gasteiger charge is 2.33. The first-order valence-electron chi connectivity index (χ1n) is 10.8. The molecule has 0 saturated carbocycles. The largest absolute Gasteiger partial charge is 0.573 e. The van der Waals surface area contributed by atoms with Gasteiger partial charge in [0.1, 0.15) is 5.75 Å². The summed E-state index contributed by atoms with van der Waals surface area (Å²) in [6.07, 6.45) is -3.44. The first-order chi connectivity index (χ1) is 15.6. The van der Waals surface area contributed by atoms with Gasteiger partial charge in [-0.25, -0.2) is 0 Å². The molecular weight excluding hydrogens is 441 g/mol. The van der Waals surface area contributed by atoms with Crippen LogP contribution in [0, 0.1) is 5.92 Å². The summed E-state index contributed by atoms with van der Waals surface area (Å²) in [4.78, 5) is 24.0. The topological polar surface area (TPSA) is 94.5 Å². The Bertz CT molecular complexity index is 1030. The number of hydrogen-bond donors (Lipinski definition) is 2. The third kappa shape index (κ3) is 5.65. The van der Waals surface area contributed by atoms with Crippen molar-refractivity contribution in [3.05, 3.63) is 30.3 Å². The van der Waals surface area contributed by atoms with E-state index in [9.17, 15) is 22.8 Å². The quantitative estimate of drug-likeness (QED) is 0.702. The van der Waals surface area contributed by atoms with Gasteiger partial charge in [0.05, 0.1) is 29.9 Å². The van der Waals surface area contributed by atoms with Gasteiger partial charge >= 0.3 is 6.36 Å². The summed E-state index contributed by atoms with van der Waals surface area (Å²) >= 11 is 0. The van der Waals surface area contributed by atoms with Gasteiger partial charge in [0.15, 0.2) is 5.82 Å². The molecule has 2 amide bonds. The monoisotopic (exact) mass is 466 g/mol. The summed E-state index contributed by atoms with van der Waals surface area (Å²) in [6.45, 7) is 4.16. The molecule has 33 heavy (non-hydrogen) atoms. The Morgan fingerprint density at radius 3 is 2.61 bits per heavy atom. The van der Waals surface area contributed by atoms with Crippen molar-refractivity contribution >= 4 is 17.6 Å². The van der Waals surface area contributed by atoms with Gasteiger partial charge in [0.2, 0.25) is 11.8 Å². The second-order valence-electron chi connectivity index (χ2n) is 8.51. The number of carbonyl (C=O) groups excluding carboxylic acids is 2. The lowest BCUT2D eigenvalue weighted by Crippen LogP contribution is -2.31. The Morgan fingerprint density at radius 2 is 1.97 bits per heavy atom. The number of hydrogen-bond acceptors (Lipinski definition) is 5. The number of anilines is 1. The first kappa shape index (κ1) is 23.1. The molecule has 0 spiro atoms. The van der Waals surface area contributed by atoms with Crippen molar-refractivity contribution in [1.29, 1.82) is 0 Å². The smallest absolute Gasteiger partial charge is 0.406 e. The van der Waals surface area contributed by atoms with E-state index in [1.54, 1.807) is 16.8 Å². The second kappa shape index (κ2) is 9.05. The van der Waals surface area contributed by atoms with Crippen LogP contribution in [-0.4, -0.2) is 46.7 Å². The van der Waals surface area contributed by atoms with Crippen LogP contribution in [0.15, 0.2) is 30.3 Å². The highest BCUT2D eigenvalue weighted by atomic mass is 19.4. The van der Waals surface area contributed by atoms with E-state index in [4.69, 9.17) is 4.74 Å². The van der Waals surface area contributed by atoms with Crippen molar-refractivity contribution in [2.45, 2.75) is 57.7 Å². The number of nitrogens with one attached hydrogen (secondary N) is 2. The molecule has 2 fully saturated rings. The number of halogens is 3. The van der Waals surface area contributed by atoms with Crippen molar-refractivity contribution in [3.63, 3.8) is 0 Å². The van der Waals surface area contributed by atoms with Gasteiger partial charge in [-0.1, -0.05) is 12.1 Å². The molecule has 8 nitrogen and oxygen atoms in total. The van der Waals surface area contributed by atoms with E-state index < -0.39 is 12.3 Å². The first-order valence-corrected chi connectivity index (χ1v) is 10.8. The van der Waals surface area contributed by atoms with Crippen LogP contribution in [0.25, 0.3) is 11.3 Å².